The zero-order valence-corrected chi connectivity index (χ0v) is 19.5. The Morgan fingerprint density at radius 3 is 2.56 bits per heavy atom. The SMILES string of the molecule is Cn1c(=O)c(C(=O)CSc2nnc(Nc3ccccc3F)s2)c(N)n(Cc2ccccc2)c1=O. The van der Waals surface area contributed by atoms with E-state index in [-0.39, 0.29) is 29.4 Å². The zero-order chi connectivity index (χ0) is 24.2. The molecule has 2 heterocycles. The van der Waals surface area contributed by atoms with Gasteiger partial charge in [-0.1, -0.05) is 65.6 Å². The monoisotopic (exact) mass is 498 g/mol. The van der Waals surface area contributed by atoms with Crippen LogP contribution >= 0.6 is 23.1 Å². The second-order valence-electron chi connectivity index (χ2n) is 7.17. The summed E-state index contributed by atoms with van der Waals surface area (Å²) >= 11 is 2.20. The molecule has 0 unspecified atom stereocenters. The fourth-order valence-corrected chi connectivity index (χ4v) is 4.80. The van der Waals surface area contributed by atoms with Crippen LogP contribution in [0.5, 0.6) is 0 Å². The van der Waals surface area contributed by atoms with Crippen molar-refractivity contribution < 1.29 is 9.18 Å². The third-order valence-corrected chi connectivity index (χ3v) is 6.87. The first kappa shape index (κ1) is 23.4. The first-order valence-corrected chi connectivity index (χ1v) is 11.8. The molecule has 0 saturated carbocycles. The van der Waals surface area contributed by atoms with Gasteiger partial charge in [0.05, 0.1) is 18.0 Å². The first-order chi connectivity index (χ1) is 16.3. The van der Waals surface area contributed by atoms with E-state index < -0.39 is 22.8 Å². The lowest BCUT2D eigenvalue weighted by Crippen LogP contribution is -2.43. The fraction of sp³-hybridized carbons (Fsp3) is 0.136. The quantitative estimate of drug-likeness (QED) is 0.281. The van der Waals surface area contributed by atoms with Crippen LogP contribution in [0, 0.1) is 5.82 Å². The molecule has 0 aliphatic carbocycles. The summed E-state index contributed by atoms with van der Waals surface area (Å²) in [7, 11) is 1.31. The highest BCUT2D eigenvalue weighted by Crippen LogP contribution is 2.29. The molecule has 0 bridgehead atoms. The number of halogens is 1. The standard InChI is InChI=1S/C22H19FN6O3S2/c1-28-19(31)17(18(24)29(22(28)32)11-13-7-3-2-4-8-13)16(30)12-33-21-27-26-20(34-21)25-15-10-6-5-9-14(15)23/h2-10H,11-12,24H2,1H3,(H,25,26). The Bertz CT molecular complexity index is 1470. The molecule has 0 aliphatic heterocycles. The van der Waals surface area contributed by atoms with Crippen LogP contribution in [0.1, 0.15) is 15.9 Å². The minimum Gasteiger partial charge on any atom is -0.384 e. The van der Waals surface area contributed by atoms with Crippen LogP contribution in [0.3, 0.4) is 0 Å². The van der Waals surface area contributed by atoms with Gasteiger partial charge < -0.3 is 11.1 Å². The summed E-state index contributed by atoms with van der Waals surface area (Å²) < 4.78 is 16.3. The van der Waals surface area contributed by atoms with Crippen LogP contribution in [0.15, 0.2) is 68.5 Å². The number of rotatable bonds is 8. The number of para-hydroxylation sites is 1. The summed E-state index contributed by atoms with van der Waals surface area (Å²) in [5, 5.41) is 11.1. The Morgan fingerprint density at radius 2 is 1.82 bits per heavy atom. The number of thioether (sulfide) groups is 1. The second kappa shape index (κ2) is 10.0. The maximum atomic E-state index is 13.8. The Kier molecular flexibility index (Phi) is 6.89. The van der Waals surface area contributed by atoms with Crippen LogP contribution in [-0.2, 0) is 13.6 Å². The average Bonchev–Trinajstić information content (AvgIpc) is 3.29. The summed E-state index contributed by atoms with van der Waals surface area (Å²) in [6.45, 7) is 0.120. The zero-order valence-electron chi connectivity index (χ0n) is 17.9. The van der Waals surface area contributed by atoms with Crippen molar-refractivity contribution in [3.05, 3.63) is 92.4 Å². The number of hydrogen-bond donors (Lipinski definition) is 2. The van der Waals surface area contributed by atoms with Gasteiger partial charge in [0.2, 0.25) is 5.13 Å². The number of carbonyl (C=O) groups is 1. The molecule has 9 nitrogen and oxygen atoms in total. The first-order valence-electron chi connectivity index (χ1n) is 9.99. The number of anilines is 3. The van der Waals surface area contributed by atoms with E-state index in [4.69, 9.17) is 5.73 Å². The van der Waals surface area contributed by atoms with Gasteiger partial charge in [-0.3, -0.25) is 18.7 Å². The minimum atomic E-state index is -0.753. The highest BCUT2D eigenvalue weighted by atomic mass is 32.2. The molecule has 0 aliphatic rings. The second-order valence-corrected chi connectivity index (χ2v) is 9.37. The van der Waals surface area contributed by atoms with Gasteiger partial charge in [-0.2, -0.15) is 0 Å². The van der Waals surface area contributed by atoms with Crippen molar-refractivity contribution in [3.8, 4) is 0 Å². The van der Waals surface area contributed by atoms with E-state index in [0.717, 1.165) is 33.2 Å². The number of nitrogens with one attached hydrogen (secondary N) is 1. The molecular formula is C22H19FN6O3S2. The molecule has 0 atom stereocenters. The number of aromatic nitrogens is 4. The van der Waals surface area contributed by atoms with Crippen molar-refractivity contribution in [2.24, 2.45) is 7.05 Å². The van der Waals surface area contributed by atoms with Gasteiger partial charge in [0.15, 0.2) is 10.1 Å². The van der Waals surface area contributed by atoms with Gasteiger partial charge in [-0.05, 0) is 17.7 Å². The number of ketones is 1. The normalized spacial score (nSPS) is 10.9. The van der Waals surface area contributed by atoms with Gasteiger partial charge in [0.1, 0.15) is 17.2 Å². The van der Waals surface area contributed by atoms with E-state index >= 15 is 0 Å². The number of nitrogens with two attached hydrogens (primary N) is 1. The van der Waals surface area contributed by atoms with Crippen LogP contribution in [0.2, 0.25) is 0 Å². The molecule has 4 rings (SSSR count). The van der Waals surface area contributed by atoms with Crippen LogP contribution in [0.4, 0.5) is 21.0 Å². The lowest BCUT2D eigenvalue weighted by Gasteiger charge is -2.14. The highest BCUT2D eigenvalue weighted by Gasteiger charge is 2.22. The third kappa shape index (κ3) is 4.92. The van der Waals surface area contributed by atoms with E-state index in [1.54, 1.807) is 18.2 Å². The number of nitrogen functional groups attached to an aromatic ring is 1. The lowest BCUT2D eigenvalue weighted by molar-refractivity contribution is 0.102. The Hall–Kier alpha value is -3.77. The molecule has 34 heavy (non-hydrogen) atoms. The van der Waals surface area contributed by atoms with Gasteiger partial charge in [-0.15, -0.1) is 10.2 Å². The van der Waals surface area contributed by atoms with Crippen molar-refractivity contribution in [3.63, 3.8) is 0 Å². The average molecular weight is 499 g/mol. The molecule has 4 aromatic rings. The van der Waals surface area contributed by atoms with E-state index in [0.29, 0.717) is 9.47 Å². The van der Waals surface area contributed by atoms with Crippen molar-refractivity contribution in [2.75, 3.05) is 16.8 Å². The predicted molar refractivity (Wildman–Crippen MR) is 131 cm³/mol. The molecule has 0 amide bonds. The lowest BCUT2D eigenvalue weighted by atomic mass is 10.2. The van der Waals surface area contributed by atoms with Crippen LogP contribution in [0.25, 0.3) is 0 Å². The molecule has 0 spiro atoms. The Labute approximate surface area is 201 Å². The molecule has 12 heteroatoms. The summed E-state index contributed by atoms with van der Waals surface area (Å²) in [6, 6.07) is 15.3. The van der Waals surface area contributed by atoms with Gasteiger partial charge in [-0.25, -0.2) is 9.18 Å². The Balaban J connectivity index is 1.52. The highest BCUT2D eigenvalue weighted by molar-refractivity contribution is 8.01. The topological polar surface area (TPSA) is 125 Å². The van der Waals surface area contributed by atoms with Crippen molar-refractivity contribution in [2.45, 2.75) is 10.9 Å². The molecule has 2 aromatic heterocycles. The number of nitrogens with zero attached hydrogens (tertiary/aromatic N) is 4. The molecular weight excluding hydrogens is 479 g/mol. The third-order valence-electron chi connectivity index (χ3n) is 4.89. The van der Waals surface area contributed by atoms with Crippen molar-refractivity contribution in [1.82, 2.24) is 19.3 Å². The summed E-state index contributed by atoms with van der Waals surface area (Å²) in [5.74, 6) is -1.29. The fourth-order valence-electron chi connectivity index (χ4n) is 3.16. The number of carbonyl (C=O) groups excluding carboxylic acids is 1. The predicted octanol–water partition coefficient (Wildman–Crippen LogP) is 2.89. The van der Waals surface area contributed by atoms with E-state index in [9.17, 15) is 18.8 Å². The minimum absolute atomic E-state index is 0.120. The molecule has 3 N–H and O–H groups in total. The van der Waals surface area contributed by atoms with Crippen molar-refractivity contribution in [1.29, 1.82) is 0 Å². The van der Waals surface area contributed by atoms with Crippen LogP contribution < -0.4 is 22.3 Å². The maximum absolute atomic E-state index is 13.8. The molecule has 0 radical (unpaired) electrons. The molecule has 2 aromatic carbocycles. The maximum Gasteiger partial charge on any atom is 0.332 e. The number of benzene rings is 2. The van der Waals surface area contributed by atoms with Crippen molar-refractivity contribution >= 4 is 45.5 Å². The van der Waals surface area contributed by atoms with Gasteiger partial charge in [0, 0.05) is 7.05 Å². The number of hydrogen-bond acceptors (Lipinski definition) is 9. The molecule has 0 saturated heterocycles. The molecule has 0 fully saturated rings. The number of Topliss-reactive ketones (excluding diaryl/α,β-unsaturated/α-hetero) is 1. The van der Waals surface area contributed by atoms with E-state index in [2.05, 4.69) is 15.5 Å². The Morgan fingerprint density at radius 1 is 1.12 bits per heavy atom. The van der Waals surface area contributed by atoms with E-state index in [1.165, 1.54) is 17.7 Å². The summed E-state index contributed by atoms with van der Waals surface area (Å²) in [6.07, 6.45) is 0. The molecule has 174 valence electrons. The van der Waals surface area contributed by atoms with Crippen LogP contribution in [-0.4, -0.2) is 30.9 Å². The largest absolute Gasteiger partial charge is 0.384 e. The smallest absolute Gasteiger partial charge is 0.332 e. The van der Waals surface area contributed by atoms with Gasteiger partial charge in [0.25, 0.3) is 5.56 Å². The van der Waals surface area contributed by atoms with Gasteiger partial charge >= 0.3 is 5.69 Å². The summed E-state index contributed by atoms with van der Waals surface area (Å²) in [5.41, 5.74) is 5.56. The van der Waals surface area contributed by atoms with E-state index in [1.807, 2.05) is 30.3 Å². The summed E-state index contributed by atoms with van der Waals surface area (Å²) in [4.78, 5) is 38.2.